The summed E-state index contributed by atoms with van der Waals surface area (Å²) in [4.78, 5) is 37.4. The number of carboxylic acids is 1. The van der Waals surface area contributed by atoms with Crippen LogP contribution in [0.1, 0.15) is 65.9 Å². The van der Waals surface area contributed by atoms with Gasteiger partial charge in [-0.15, -0.1) is 0 Å². The molecule has 9 aromatic rings. The molecule has 0 unspecified atom stereocenters. The topological polar surface area (TPSA) is 170 Å². The van der Waals surface area contributed by atoms with Crippen molar-refractivity contribution in [1.82, 2.24) is 19.8 Å². The number of rotatable bonds is 24. The van der Waals surface area contributed by atoms with Crippen molar-refractivity contribution < 1.29 is 52.0 Å². The predicted molar refractivity (Wildman–Crippen MR) is 307 cm³/mol. The number of hydrogen-bond donors (Lipinski definition) is 2. The summed E-state index contributed by atoms with van der Waals surface area (Å²) in [7, 11) is 0. The standard InChI is InChI=1S/C34H31FN2O5.C32H36N2O5/c1-24-32(36-34(41-24)27-8-3-2-4-9-27)17-18-40-30-11-5-7-26(19-30)22-37(23-33(38)39)21-25-13-15-29(16-14-25)42-31-12-6-10-28(35)20-31;1-23-29(33-31(38-23)26-10-6-5-7-11-26)17-18-37-28-12-8-9-25(19-28)21-34(22-30(36)39-32(2,3)4)20-24-13-15-27(35)16-14-24/h2-16,19-20H,17-18,21-23H2,1H3,(H,38,39);5-16,19,35H,17-18,20-22H2,1-4H3. The lowest BCUT2D eigenvalue weighted by molar-refractivity contribution is -0.156. The van der Waals surface area contributed by atoms with Crippen LogP contribution >= 0.6 is 0 Å². The molecule has 0 aliphatic carbocycles. The van der Waals surface area contributed by atoms with Crippen molar-refractivity contribution in [2.24, 2.45) is 0 Å². The fourth-order valence-electron chi connectivity index (χ4n) is 8.77. The zero-order valence-electron chi connectivity index (χ0n) is 46.2. The molecule has 0 spiro atoms. The Hall–Kier alpha value is -9.05. The van der Waals surface area contributed by atoms with E-state index in [4.69, 9.17) is 27.8 Å². The van der Waals surface area contributed by atoms with E-state index in [2.05, 4.69) is 9.97 Å². The maximum absolute atomic E-state index is 13.4. The Morgan fingerprint density at radius 2 is 0.988 bits per heavy atom. The lowest BCUT2D eigenvalue weighted by atomic mass is 10.1. The van der Waals surface area contributed by atoms with E-state index in [1.54, 1.807) is 36.4 Å². The lowest BCUT2D eigenvalue weighted by Gasteiger charge is -2.25. The summed E-state index contributed by atoms with van der Waals surface area (Å²) in [5, 5.41) is 19.1. The molecule has 81 heavy (non-hydrogen) atoms. The Kier molecular flexibility index (Phi) is 20.2. The highest BCUT2D eigenvalue weighted by Crippen LogP contribution is 2.27. The van der Waals surface area contributed by atoms with Gasteiger partial charge >= 0.3 is 11.9 Å². The molecule has 0 amide bonds. The number of nitrogens with zero attached hydrogens (tertiary/aromatic N) is 4. The van der Waals surface area contributed by atoms with E-state index in [1.807, 2.05) is 178 Å². The van der Waals surface area contributed by atoms with Crippen molar-refractivity contribution in [3.63, 3.8) is 0 Å². The van der Waals surface area contributed by atoms with Gasteiger partial charge in [-0.05, 0) is 142 Å². The largest absolute Gasteiger partial charge is 0.508 e. The van der Waals surface area contributed by atoms with Crippen LogP contribution in [0.2, 0.25) is 0 Å². The number of carboxylic acid groups (broad SMARTS) is 1. The number of oxazole rings is 2. The van der Waals surface area contributed by atoms with Gasteiger partial charge in [0.25, 0.3) is 0 Å². The first-order valence-corrected chi connectivity index (χ1v) is 26.7. The SMILES string of the molecule is Cc1oc(-c2ccccc2)nc1CCOc1cccc(CN(CC(=O)O)Cc2ccc(Oc3cccc(F)c3)cc2)c1.Cc1oc(-c2ccccc2)nc1CCOc1cccc(CN(CC(=O)OC(C)(C)C)Cc2ccc(O)cc2)c1. The molecule has 0 bridgehead atoms. The number of phenols is 1. The fourth-order valence-corrected chi connectivity index (χ4v) is 8.77. The van der Waals surface area contributed by atoms with Gasteiger partial charge < -0.3 is 38.0 Å². The summed E-state index contributed by atoms with van der Waals surface area (Å²) in [5.74, 6) is 3.83. The van der Waals surface area contributed by atoms with Crippen LogP contribution in [0, 0.1) is 19.7 Å². The third kappa shape index (κ3) is 18.8. The highest BCUT2D eigenvalue weighted by atomic mass is 19.1. The molecule has 2 heterocycles. The molecule has 14 nitrogen and oxygen atoms in total. The number of esters is 1. The Morgan fingerprint density at radius 1 is 0.531 bits per heavy atom. The molecule has 15 heteroatoms. The molecule has 0 fully saturated rings. The summed E-state index contributed by atoms with van der Waals surface area (Å²) in [5.41, 5.74) is 6.91. The van der Waals surface area contributed by atoms with Crippen LogP contribution in [0.4, 0.5) is 4.39 Å². The smallest absolute Gasteiger partial charge is 0.320 e. The van der Waals surface area contributed by atoms with E-state index < -0.39 is 11.6 Å². The van der Waals surface area contributed by atoms with Crippen molar-refractivity contribution in [2.75, 3.05) is 26.3 Å². The molecule has 0 saturated carbocycles. The minimum Gasteiger partial charge on any atom is -0.508 e. The third-order valence-corrected chi connectivity index (χ3v) is 12.5. The number of phenolic OH excluding ortho intramolecular Hbond substituents is 1. The number of aromatic nitrogens is 2. The number of aryl methyl sites for hydroxylation is 2. The molecule has 0 saturated heterocycles. The molecule has 7 aromatic carbocycles. The molecule has 0 aliphatic rings. The van der Waals surface area contributed by atoms with Gasteiger partial charge in [0.05, 0.1) is 37.7 Å². The fraction of sp³-hybridized carbons (Fsp3) is 0.242. The number of ether oxygens (including phenoxy) is 4. The van der Waals surface area contributed by atoms with Crippen molar-refractivity contribution in [2.45, 2.75) is 79.2 Å². The number of carbonyl (C=O) groups is 2. The molecular weight excluding hydrogens is 1030 g/mol. The molecule has 0 aliphatic heterocycles. The maximum atomic E-state index is 13.4. The predicted octanol–water partition coefficient (Wildman–Crippen LogP) is 13.6. The second-order valence-electron chi connectivity index (χ2n) is 20.4. The second kappa shape index (κ2) is 28.2. The van der Waals surface area contributed by atoms with Gasteiger partial charge in [-0.2, -0.15) is 0 Å². The minimum atomic E-state index is -0.911. The first-order chi connectivity index (χ1) is 39.0. The molecule has 9 rings (SSSR count). The van der Waals surface area contributed by atoms with Gasteiger partial charge in [0.15, 0.2) is 0 Å². The van der Waals surface area contributed by atoms with Crippen LogP contribution in [0.5, 0.6) is 28.7 Å². The normalized spacial score (nSPS) is 11.3. The van der Waals surface area contributed by atoms with Crippen molar-refractivity contribution >= 4 is 11.9 Å². The van der Waals surface area contributed by atoms with Crippen LogP contribution in [-0.2, 0) is 53.3 Å². The van der Waals surface area contributed by atoms with Gasteiger partial charge in [0.1, 0.15) is 51.7 Å². The van der Waals surface area contributed by atoms with E-state index in [9.17, 15) is 24.2 Å². The summed E-state index contributed by atoms with van der Waals surface area (Å²) < 4.78 is 48.5. The summed E-state index contributed by atoms with van der Waals surface area (Å²) in [6.45, 7) is 12.2. The number of aliphatic carboxylic acids is 1. The van der Waals surface area contributed by atoms with E-state index in [1.165, 1.54) is 12.1 Å². The van der Waals surface area contributed by atoms with Crippen LogP contribution in [0.25, 0.3) is 22.9 Å². The van der Waals surface area contributed by atoms with E-state index in [0.717, 1.165) is 62.0 Å². The van der Waals surface area contributed by atoms with Crippen molar-refractivity contribution in [1.29, 1.82) is 0 Å². The molecule has 2 N–H and O–H groups in total. The molecular formula is C66H67FN4O10. The Bertz CT molecular complexity index is 3430. The monoisotopic (exact) mass is 1090 g/mol. The van der Waals surface area contributed by atoms with E-state index in [-0.39, 0.29) is 30.6 Å². The van der Waals surface area contributed by atoms with E-state index in [0.29, 0.717) is 81.3 Å². The Balaban J connectivity index is 0.000000213. The highest BCUT2D eigenvalue weighted by molar-refractivity contribution is 5.72. The number of aromatic hydroxyl groups is 1. The van der Waals surface area contributed by atoms with Crippen LogP contribution in [0.3, 0.4) is 0 Å². The van der Waals surface area contributed by atoms with E-state index >= 15 is 0 Å². The lowest BCUT2D eigenvalue weighted by Crippen LogP contribution is -2.34. The highest BCUT2D eigenvalue weighted by Gasteiger charge is 2.21. The zero-order chi connectivity index (χ0) is 57.1. The first kappa shape index (κ1) is 58.1. The van der Waals surface area contributed by atoms with Gasteiger partial charge in [0, 0.05) is 56.2 Å². The first-order valence-electron chi connectivity index (χ1n) is 26.7. The Labute approximate surface area is 472 Å². The number of hydrogen-bond acceptors (Lipinski definition) is 13. The third-order valence-electron chi connectivity index (χ3n) is 12.5. The summed E-state index contributed by atoms with van der Waals surface area (Å²) in [6.07, 6.45) is 1.22. The Morgan fingerprint density at radius 3 is 1.47 bits per heavy atom. The molecule has 0 atom stereocenters. The van der Waals surface area contributed by atoms with Crippen LogP contribution in [0.15, 0.2) is 191 Å². The average molecular weight is 1100 g/mol. The van der Waals surface area contributed by atoms with Gasteiger partial charge in [0.2, 0.25) is 11.8 Å². The number of carbonyl (C=O) groups excluding carboxylic acids is 1. The van der Waals surface area contributed by atoms with Crippen molar-refractivity contribution in [3.8, 4) is 51.7 Å². The van der Waals surface area contributed by atoms with Crippen LogP contribution in [-0.4, -0.2) is 73.8 Å². The van der Waals surface area contributed by atoms with Gasteiger partial charge in [-0.25, -0.2) is 14.4 Å². The molecule has 418 valence electrons. The molecule has 0 radical (unpaired) electrons. The zero-order valence-corrected chi connectivity index (χ0v) is 46.2. The van der Waals surface area contributed by atoms with Gasteiger partial charge in [-0.1, -0.05) is 91.0 Å². The quantitative estimate of drug-likeness (QED) is 0.0548. The minimum absolute atomic E-state index is 0.123. The molecule has 2 aromatic heterocycles. The summed E-state index contributed by atoms with van der Waals surface area (Å²) in [6, 6.07) is 55.4. The summed E-state index contributed by atoms with van der Waals surface area (Å²) >= 11 is 0. The maximum Gasteiger partial charge on any atom is 0.320 e. The van der Waals surface area contributed by atoms with Crippen LogP contribution < -0.4 is 14.2 Å². The van der Waals surface area contributed by atoms with Gasteiger partial charge in [-0.3, -0.25) is 19.4 Å². The van der Waals surface area contributed by atoms with Crippen molar-refractivity contribution in [3.05, 3.63) is 233 Å². The number of halogens is 1. The second-order valence-corrected chi connectivity index (χ2v) is 20.4. The average Bonchev–Trinajstić information content (AvgIpc) is 4.16. The number of benzene rings is 7.